The fourth-order valence-electron chi connectivity index (χ4n) is 4.18. The number of anilines is 1. The minimum atomic E-state index is -4.80. The van der Waals surface area contributed by atoms with Crippen molar-refractivity contribution < 1.29 is 36.2 Å². The summed E-state index contributed by atoms with van der Waals surface area (Å²) in [6, 6.07) is 14.3. The average Bonchev–Trinajstić information content (AvgIpc) is 2.88. The van der Waals surface area contributed by atoms with Gasteiger partial charge in [-0.3, -0.25) is 0 Å². The van der Waals surface area contributed by atoms with E-state index in [2.05, 4.69) is 22.2 Å². The summed E-state index contributed by atoms with van der Waals surface area (Å²) in [4.78, 5) is 16.1. The number of benzene rings is 3. The van der Waals surface area contributed by atoms with Crippen molar-refractivity contribution in [2.24, 2.45) is 0 Å². The monoisotopic (exact) mass is 586 g/mol. The van der Waals surface area contributed by atoms with Crippen molar-refractivity contribution in [2.45, 2.75) is 18.9 Å². The number of likely N-dealkylation sites (N-methyl/N-ethyl adjacent to an activating group) is 1. The number of carbonyl (C=O) groups is 1. The maximum atomic E-state index is 12.4. The molecule has 1 aliphatic rings. The highest BCUT2D eigenvalue weighted by molar-refractivity contribution is 6.33. The van der Waals surface area contributed by atoms with Gasteiger partial charge in [-0.15, -0.1) is 6.54 Å². The highest BCUT2D eigenvalue weighted by Crippen LogP contribution is 2.37. The summed E-state index contributed by atoms with van der Waals surface area (Å²) >= 11 is 6.28. The van der Waals surface area contributed by atoms with Gasteiger partial charge < -0.3 is 20.2 Å². The average molecular weight is 587 g/mol. The second-order valence-corrected chi connectivity index (χ2v) is 9.60. The van der Waals surface area contributed by atoms with Gasteiger partial charge in [0.25, 0.3) is 0 Å². The summed E-state index contributed by atoms with van der Waals surface area (Å²) in [7, 11) is 3.42. The van der Waals surface area contributed by atoms with E-state index in [1.54, 1.807) is 12.1 Å². The van der Waals surface area contributed by atoms with Crippen molar-refractivity contribution in [1.82, 2.24) is 4.90 Å². The summed E-state index contributed by atoms with van der Waals surface area (Å²) in [5, 5.41) is 13.6. The smallest absolute Gasteiger partial charge is 0.416 e. The molecule has 0 saturated carbocycles. The van der Waals surface area contributed by atoms with Crippen LogP contribution in [0.25, 0.3) is 16.4 Å². The molecule has 0 spiro atoms. The number of alkyl halides is 6. The lowest BCUT2D eigenvalue weighted by Crippen LogP contribution is -2.44. The first-order valence-corrected chi connectivity index (χ1v) is 12.5. The van der Waals surface area contributed by atoms with Crippen LogP contribution in [-0.4, -0.2) is 56.3 Å². The summed E-state index contributed by atoms with van der Waals surface area (Å²) in [6.07, 6.45) is -9.60. The Hall–Kier alpha value is -3.28. The van der Waals surface area contributed by atoms with E-state index in [0.717, 1.165) is 37.4 Å². The van der Waals surface area contributed by atoms with Crippen LogP contribution in [0.15, 0.2) is 60.7 Å². The number of aromatic carboxylic acids is 1. The number of carboxylic acids is 1. The zero-order valence-corrected chi connectivity index (χ0v) is 22.4. The molecule has 0 amide bonds. The molecule has 0 bridgehead atoms. The number of nitrogens with zero attached hydrogens (tertiary/aromatic N) is 3. The number of halogens is 7. The molecule has 40 heavy (non-hydrogen) atoms. The minimum absolute atomic E-state index is 0.0964. The fourth-order valence-corrected chi connectivity index (χ4v) is 4.41. The van der Waals surface area contributed by atoms with Gasteiger partial charge in [-0.05, 0) is 55.1 Å². The second kappa shape index (κ2) is 12.9. The van der Waals surface area contributed by atoms with Gasteiger partial charge in [-0.1, -0.05) is 35.4 Å². The summed E-state index contributed by atoms with van der Waals surface area (Å²) < 4.78 is 74.3. The van der Waals surface area contributed by atoms with Crippen LogP contribution in [0.4, 0.5) is 32.0 Å². The third-order valence-corrected chi connectivity index (χ3v) is 6.58. The quantitative estimate of drug-likeness (QED) is 0.312. The normalized spacial score (nSPS) is 14.5. The second-order valence-electron chi connectivity index (χ2n) is 9.19. The Morgan fingerprint density at radius 2 is 1.45 bits per heavy atom. The number of rotatable bonds is 5. The zero-order chi connectivity index (χ0) is 29.7. The molecule has 3 aromatic carbocycles. The van der Waals surface area contributed by atoms with Crippen molar-refractivity contribution in [3.63, 3.8) is 0 Å². The van der Waals surface area contributed by atoms with Gasteiger partial charge in [0.2, 0.25) is 0 Å². The van der Waals surface area contributed by atoms with E-state index < -0.39 is 29.4 Å². The van der Waals surface area contributed by atoms with Crippen LogP contribution >= 0.6 is 11.6 Å². The maximum absolute atomic E-state index is 12.4. The minimum Gasteiger partial charge on any atom is -0.661 e. The van der Waals surface area contributed by atoms with Crippen molar-refractivity contribution in [3.05, 3.63) is 93.3 Å². The predicted octanol–water partition coefficient (Wildman–Crippen LogP) is 7.68. The molecule has 0 unspecified atom stereocenters. The van der Waals surface area contributed by atoms with Crippen LogP contribution < -0.4 is 4.90 Å². The highest BCUT2D eigenvalue weighted by atomic mass is 35.5. The van der Waals surface area contributed by atoms with Gasteiger partial charge >= 0.3 is 18.3 Å². The first kappa shape index (κ1) is 31.3. The van der Waals surface area contributed by atoms with Crippen LogP contribution in [0.2, 0.25) is 5.02 Å². The Kier molecular flexibility index (Phi) is 10.1. The van der Waals surface area contributed by atoms with Crippen LogP contribution in [0.3, 0.4) is 0 Å². The molecule has 1 saturated heterocycles. The zero-order valence-electron chi connectivity index (χ0n) is 21.7. The molecule has 1 heterocycles. The van der Waals surface area contributed by atoms with Gasteiger partial charge in [0.15, 0.2) is 0 Å². The molecule has 12 heteroatoms. The van der Waals surface area contributed by atoms with E-state index in [9.17, 15) is 36.2 Å². The van der Waals surface area contributed by atoms with E-state index in [1.165, 1.54) is 7.05 Å². The van der Waals surface area contributed by atoms with Crippen LogP contribution in [-0.2, 0) is 18.9 Å². The lowest BCUT2D eigenvalue weighted by Gasteiger charge is -2.34. The Bertz CT molecular complexity index is 1290. The van der Waals surface area contributed by atoms with E-state index in [1.807, 2.05) is 30.3 Å². The van der Waals surface area contributed by atoms with Gasteiger partial charge in [0.05, 0.1) is 16.7 Å². The number of carboxylic acid groups (broad SMARTS) is 1. The molecule has 5 nitrogen and oxygen atoms in total. The Morgan fingerprint density at radius 1 is 0.875 bits per heavy atom. The summed E-state index contributed by atoms with van der Waals surface area (Å²) in [5.74, 6) is -0.940. The highest BCUT2D eigenvalue weighted by Gasteiger charge is 2.36. The van der Waals surface area contributed by atoms with Gasteiger partial charge in [0, 0.05) is 42.5 Å². The molecular weight excluding hydrogens is 560 g/mol. The number of hydrogen-bond acceptors (Lipinski definition) is 3. The van der Waals surface area contributed by atoms with Crippen molar-refractivity contribution in [3.8, 4) is 11.1 Å². The molecule has 1 N–H and O–H groups in total. The Labute approximate surface area is 233 Å². The molecule has 4 rings (SSSR count). The predicted molar refractivity (Wildman–Crippen MR) is 143 cm³/mol. The largest absolute Gasteiger partial charge is 0.661 e. The van der Waals surface area contributed by atoms with E-state index in [-0.39, 0.29) is 23.7 Å². The number of piperazine rings is 1. The molecule has 0 aliphatic carbocycles. The first-order valence-electron chi connectivity index (χ1n) is 12.1. The van der Waals surface area contributed by atoms with Gasteiger partial charge in [0.1, 0.15) is 0 Å². The summed E-state index contributed by atoms with van der Waals surface area (Å²) in [5.41, 5.74) is -0.0114. The molecule has 0 aromatic heterocycles. The molecule has 1 fully saturated rings. The van der Waals surface area contributed by atoms with Crippen molar-refractivity contribution in [1.29, 1.82) is 0 Å². The first-order chi connectivity index (χ1) is 18.7. The third-order valence-electron chi connectivity index (χ3n) is 6.25. The van der Waals surface area contributed by atoms with Gasteiger partial charge in [-0.2, -0.15) is 33.4 Å². The van der Waals surface area contributed by atoms with E-state index in [4.69, 9.17) is 11.6 Å². The fraction of sp³-hybridized carbons (Fsp3) is 0.321. The molecule has 1 aliphatic heterocycles. The Balaban J connectivity index is 0.000000232. The lowest BCUT2D eigenvalue weighted by atomic mass is 9.98. The molecular formula is C28H27ClF6N3O2-. The maximum Gasteiger partial charge on any atom is 0.416 e. The van der Waals surface area contributed by atoms with E-state index >= 15 is 0 Å². The van der Waals surface area contributed by atoms with Crippen molar-refractivity contribution >= 4 is 23.3 Å². The molecule has 216 valence electrons. The van der Waals surface area contributed by atoms with Crippen molar-refractivity contribution in [2.75, 3.05) is 45.2 Å². The number of hydrogen-bond donors (Lipinski definition) is 1. The standard InChI is InChI=1S/C18H19ClN2O2.C10H8F6N/c1-20-8-10-21(11-9-20)13-6-7-15(18(22)23)16(12-13)14-4-2-3-5-17(14)19;1-17-5-6-2-7(9(11,12)13)4-8(3-6)10(14,15)16/h2-7,12H,8-11H2,1H3,(H,22,23);2-4H,5H2,1H3/q;-1. The molecule has 0 radical (unpaired) electrons. The van der Waals surface area contributed by atoms with Crippen LogP contribution in [0.5, 0.6) is 0 Å². The molecule has 0 atom stereocenters. The van der Waals surface area contributed by atoms with E-state index in [0.29, 0.717) is 22.7 Å². The SMILES string of the molecule is CN1CCN(c2ccc(C(=O)O)c(-c3ccccc3Cl)c2)CC1.C[N-]Cc1cc(C(F)(F)F)cc(C(F)(F)F)c1. The lowest BCUT2D eigenvalue weighted by molar-refractivity contribution is -0.143. The third kappa shape index (κ3) is 8.12. The van der Waals surface area contributed by atoms with Crippen LogP contribution in [0, 0.1) is 0 Å². The summed E-state index contributed by atoms with van der Waals surface area (Å²) in [6.45, 7) is 3.69. The topological polar surface area (TPSA) is 57.9 Å². The van der Waals surface area contributed by atoms with Gasteiger partial charge in [-0.25, -0.2) is 4.79 Å². The van der Waals surface area contributed by atoms with Crippen LogP contribution in [0.1, 0.15) is 27.0 Å². The molecule has 3 aromatic rings. The Morgan fingerprint density at radius 3 is 1.95 bits per heavy atom.